The predicted octanol–water partition coefficient (Wildman–Crippen LogP) is 2.08. The first-order valence-corrected chi connectivity index (χ1v) is 5.13. The largest absolute Gasteiger partial charge is 0.354 e. The highest BCUT2D eigenvalue weighted by molar-refractivity contribution is 7.83. The second-order valence-electron chi connectivity index (χ2n) is 3.01. The average Bonchev–Trinajstić information content (AvgIpc) is 2.16. The maximum Gasteiger partial charge on any atom is 0.0259 e. The van der Waals surface area contributed by atoms with Gasteiger partial charge in [0, 0.05) is 12.7 Å². The van der Waals surface area contributed by atoms with Gasteiger partial charge in [-0.15, -0.1) is 12.6 Å². The Kier molecular flexibility index (Phi) is 7.94. The van der Waals surface area contributed by atoms with Crippen LogP contribution in [0, 0.1) is 5.92 Å². The van der Waals surface area contributed by atoms with E-state index in [0.29, 0.717) is 5.92 Å². The Hall–Kier alpha value is -0.410. The fourth-order valence-electron chi connectivity index (χ4n) is 1.21. The van der Waals surface area contributed by atoms with Gasteiger partial charge in [-0.1, -0.05) is 19.9 Å². The van der Waals surface area contributed by atoms with E-state index in [1.54, 1.807) is 5.41 Å². The summed E-state index contributed by atoms with van der Waals surface area (Å²) in [6.07, 6.45) is 4.92. The maximum atomic E-state index is 4.03. The van der Waals surface area contributed by atoms with Crippen molar-refractivity contribution < 1.29 is 0 Å². The van der Waals surface area contributed by atoms with E-state index in [0.717, 1.165) is 13.1 Å². The van der Waals surface area contributed by atoms with Crippen molar-refractivity contribution in [3.05, 3.63) is 24.4 Å². The molecule has 3 heteroatoms. The van der Waals surface area contributed by atoms with Crippen LogP contribution < -0.4 is 5.32 Å². The van der Waals surface area contributed by atoms with Gasteiger partial charge in [0.25, 0.3) is 0 Å². The Morgan fingerprint density at radius 2 is 2.31 bits per heavy atom. The van der Waals surface area contributed by atoms with Crippen molar-refractivity contribution in [3.63, 3.8) is 0 Å². The molecule has 0 saturated carbocycles. The van der Waals surface area contributed by atoms with E-state index >= 15 is 0 Å². The van der Waals surface area contributed by atoms with Gasteiger partial charge in [-0.05, 0) is 31.1 Å². The van der Waals surface area contributed by atoms with Crippen LogP contribution >= 0.6 is 12.6 Å². The summed E-state index contributed by atoms with van der Waals surface area (Å²) < 4.78 is 0. The molecule has 1 N–H and O–H groups in total. The third-order valence-corrected chi connectivity index (χ3v) is 2.17. The Morgan fingerprint density at radius 3 is 2.69 bits per heavy atom. The van der Waals surface area contributed by atoms with E-state index in [1.807, 2.05) is 19.4 Å². The molecule has 0 aliphatic heterocycles. The first-order chi connectivity index (χ1) is 6.28. The summed E-state index contributed by atoms with van der Waals surface area (Å²) in [5.74, 6) is 0.660. The van der Waals surface area contributed by atoms with E-state index in [2.05, 4.69) is 36.3 Å². The summed E-state index contributed by atoms with van der Waals surface area (Å²) in [5.41, 5.74) is 0. The first kappa shape index (κ1) is 12.6. The molecular formula is C10H20N2S. The lowest BCUT2D eigenvalue weighted by molar-refractivity contribution is 0.365. The van der Waals surface area contributed by atoms with Crippen LogP contribution in [0.5, 0.6) is 0 Å². The minimum Gasteiger partial charge on any atom is -0.354 e. The molecule has 0 aromatic heterocycles. The van der Waals surface area contributed by atoms with Crippen LogP contribution in [0.2, 0.25) is 0 Å². The predicted molar refractivity (Wildman–Crippen MR) is 62.7 cm³/mol. The van der Waals surface area contributed by atoms with Gasteiger partial charge >= 0.3 is 0 Å². The normalized spacial score (nSPS) is 13.2. The molecule has 0 saturated heterocycles. The van der Waals surface area contributed by atoms with Gasteiger partial charge in [0.1, 0.15) is 0 Å². The van der Waals surface area contributed by atoms with Crippen molar-refractivity contribution >= 4 is 12.6 Å². The quantitative estimate of drug-likeness (QED) is 0.612. The fourth-order valence-corrected chi connectivity index (χ4v) is 1.38. The molecule has 0 rings (SSSR count). The molecule has 0 fully saturated rings. The molecule has 0 aromatic carbocycles. The third-order valence-electron chi connectivity index (χ3n) is 2.03. The van der Waals surface area contributed by atoms with Gasteiger partial charge in [-0.2, -0.15) is 0 Å². The molecular weight excluding hydrogens is 180 g/mol. The summed E-state index contributed by atoms with van der Waals surface area (Å²) in [4.78, 5) is 2.05. The lowest BCUT2D eigenvalue weighted by Gasteiger charge is -2.21. The van der Waals surface area contributed by atoms with Crippen LogP contribution in [0.4, 0.5) is 0 Å². The summed E-state index contributed by atoms with van der Waals surface area (Å²) >= 11 is 4.03. The Bertz CT molecular complexity index is 157. The molecule has 1 atom stereocenters. The first-order valence-electron chi connectivity index (χ1n) is 4.62. The molecule has 0 radical (unpaired) electrons. The summed E-state index contributed by atoms with van der Waals surface area (Å²) in [7, 11) is 1.98. The molecule has 2 nitrogen and oxygen atoms in total. The smallest absolute Gasteiger partial charge is 0.0259 e. The summed E-state index contributed by atoms with van der Waals surface area (Å²) in [5, 5.41) is 4.92. The topological polar surface area (TPSA) is 15.3 Å². The zero-order valence-corrected chi connectivity index (χ0v) is 9.43. The Labute approximate surface area is 87.1 Å². The van der Waals surface area contributed by atoms with Gasteiger partial charge < -0.3 is 10.2 Å². The molecule has 0 aromatic rings. The van der Waals surface area contributed by atoms with Crippen molar-refractivity contribution in [3.8, 4) is 0 Å². The fraction of sp³-hybridized carbons (Fsp3) is 0.600. The van der Waals surface area contributed by atoms with E-state index < -0.39 is 0 Å². The monoisotopic (exact) mass is 200 g/mol. The van der Waals surface area contributed by atoms with Gasteiger partial charge in [0.2, 0.25) is 0 Å². The van der Waals surface area contributed by atoms with Crippen LogP contribution in [0.3, 0.4) is 0 Å². The number of thiol groups is 1. The summed E-state index contributed by atoms with van der Waals surface area (Å²) in [6, 6.07) is 0. The minimum atomic E-state index is 0.660. The highest BCUT2D eigenvalue weighted by Crippen LogP contribution is 2.05. The second kappa shape index (κ2) is 8.20. The lowest BCUT2D eigenvalue weighted by Crippen LogP contribution is -2.27. The van der Waals surface area contributed by atoms with Crippen LogP contribution in [0.25, 0.3) is 0 Å². The Morgan fingerprint density at radius 1 is 1.62 bits per heavy atom. The number of hydrogen-bond donors (Lipinski definition) is 2. The molecule has 13 heavy (non-hydrogen) atoms. The average molecular weight is 200 g/mol. The molecule has 0 aliphatic carbocycles. The SMILES string of the molecule is C=CN(/C=C/S)CC(CC)CNC. The van der Waals surface area contributed by atoms with E-state index in [1.165, 1.54) is 6.42 Å². The zero-order valence-electron chi connectivity index (χ0n) is 8.53. The molecule has 0 spiro atoms. The number of rotatable bonds is 7. The number of nitrogens with zero attached hydrogens (tertiary/aromatic N) is 1. The van der Waals surface area contributed by atoms with E-state index in [-0.39, 0.29) is 0 Å². The molecule has 0 bridgehead atoms. The van der Waals surface area contributed by atoms with Crippen LogP contribution in [-0.2, 0) is 0 Å². The van der Waals surface area contributed by atoms with Crippen LogP contribution in [0.15, 0.2) is 24.4 Å². The van der Waals surface area contributed by atoms with E-state index in [9.17, 15) is 0 Å². The third kappa shape index (κ3) is 5.77. The van der Waals surface area contributed by atoms with Crippen LogP contribution in [0.1, 0.15) is 13.3 Å². The Balaban J connectivity index is 3.94. The summed E-state index contributed by atoms with van der Waals surface area (Å²) in [6.45, 7) is 7.99. The van der Waals surface area contributed by atoms with Crippen LogP contribution in [-0.4, -0.2) is 25.0 Å². The molecule has 0 amide bonds. The molecule has 0 heterocycles. The van der Waals surface area contributed by atoms with Crippen molar-refractivity contribution in [1.29, 1.82) is 0 Å². The standard InChI is InChI=1S/C10H20N2S/c1-4-10(8-11-3)9-12(5-2)6-7-13/h5-7,10-11,13H,2,4,8-9H2,1,3H3/b7-6+. The van der Waals surface area contributed by atoms with Gasteiger partial charge in [0.15, 0.2) is 0 Å². The minimum absolute atomic E-state index is 0.660. The van der Waals surface area contributed by atoms with Gasteiger partial charge in [-0.3, -0.25) is 0 Å². The molecule has 76 valence electrons. The number of hydrogen-bond acceptors (Lipinski definition) is 3. The molecule has 1 unspecified atom stereocenters. The maximum absolute atomic E-state index is 4.03. The van der Waals surface area contributed by atoms with E-state index in [4.69, 9.17) is 0 Å². The van der Waals surface area contributed by atoms with Crippen molar-refractivity contribution in [1.82, 2.24) is 10.2 Å². The molecule has 0 aliphatic rings. The van der Waals surface area contributed by atoms with Crippen molar-refractivity contribution in [2.24, 2.45) is 5.92 Å². The zero-order chi connectivity index (χ0) is 10.1. The highest BCUT2D eigenvalue weighted by atomic mass is 32.1. The lowest BCUT2D eigenvalue weighted by atomic mass is 10.1. The van der Waals surface area contributed by atoms with Crippen molar-refractivity contribution in [2.45, 2.75) is 13.3 Å². The van der Waals surface area contributed by atoms with Gasteiger partial charge in [-0.25, -0.2) is 0 Å². The second-order valence-corrected chi connectivity index (χ2v) is 3.31. The number of nitrogens with one attached hydrogen (secondary N) is 1. The van der Waals surface area contributed by atoms with Gasteiger partial charge in [0.05, 0.1) is 0 Å². The van der Waals surface area contributed by atoms with Crippen molar-refractivity contribution in [2.75, 3.05) is 20.1 Å². The highest BCUT2D eigenvalue weighted by Gasteiger charge is 2.06.